The quantitative estimate of drug-likeness (QED) is 0.112. The highest BCUT2D eigenvalue weighted by atomic mass is 16.7. The minimum atomic E-state index is -1.95. The number of aliphatic hydroxyl groups excluding tert-OH is 2. The number of piperazine rings is 1. The van der Waals surface area contributed by atoms with Crippen LogP contribution < -0.4 is 10.1 Å². The van der Waals surface area contributed by atoms with E-state index in [0.29, 0.717) is 13.1 Å². The van der Waals surface area contributed by atoms with Crippen molar-refractivity contribution < 1.29 is 58.9 Å². The Bertz CT molecular complexity index is 1990. The van der Waals surface area contributed by atoms with Gasteiger partial charge in [0.1, 0.15) is 23.4 Å². The van der Waals surface area contributed by atoms with Gasteiger partial charge in [0, 0.05) is 87.8 Å². The van der Waals surface area contributed by atoms with Crippen LogP contribution in [0.4, 0.5) is 5.69 Å². The van der Waals surface area contributed by atoms with Gasteiger partial charge in [-0.2, -0.15) is 5.10 Å². The number of ether oxygens (including phenoxy) is 4. The normalized spacial score (nSPS) is 31.0. The SMILES string of the molecule is CO[C@H]1CCO[C@@]2(C)Oc3c(C)c(O)c4c(O)c(c(/C=N\N5CCN(C)CC5)c(O)c4c3C2=O)NC(=O)/C(C)=C\C=C\[C@H](C)[C@H](O)[C@@H](C)[C@@H](O)[C@@H](C)[C@H](OC(C)=O)C1. The summed E-state index contributed by atoms with van der Waals surface area (Å²) < 4.78 is 23.6. The lowest BCUT2D eigenvalue weighted by atomic mass is 9.81. The fourth-order valence-corrected chi connectivity index (χ4v) is 7.74. The molecule has 6 N–H and O–H groups in total. The van der Waals surface area contributed by atoms with Crippen molar-refractivity contribution in [3.05, 3.63) is 40.5 Å². The standard InChI is InChI=1S/C42H58N4O12/c1-21-11-10-12-22(2)41(54)44-33-28(20-43-46-16-14-45(8)15-17-46)37(51)30-31(38(33)52)36(50)25(5)39-32(30)40(53)42(7,58-39)56-18-13-27(55-9)19-29(57-26(6)47)23(3)35(49)24(4)34(21)48/h10-12,20-21,23-24,27,29,34-35,48-52H,13-19H2,1-9H3,(H,44,54)/b11-10+,22-12-,43-20-/t21-,23-,24+,27-,29+,34-,35-,42-/m0/s1. The summed E-state index contributed by atoms with van der Waals surface area (Å²) in [6.07, 6.45) is 2.90. The van der Waals surface area contributed by atoms with Crippen LogP contribution in [0.2, 0.25) is 0 Å². The van der Waals surface area contributed by atoms with E-state index in [1.165, 1.54) is 47.1 Å². The maximum Gasteiger partial charge on any atom is 0.302 e. The van der Waals surface area contributed by atoms with Gasteiger partial charge in [-0.05, 0) is 27.3 Å². The third kappa shape index (κ3) is 8.95. The monoisotopic (exact) mass is 810 g/mol. The lowest BCUT2D eigenvalue weighted by Crippen LogP contribution is -2.43. The summed E-state index contributed by atoms with van der Waals surface area (Å²) in [7, 11) is 3.47. The number of rotatable bonds is 4. The first kappa shape index (κ1) is 44.4. The van der Waals surface area contributed by atoms with Gasteiger partial charge in [-0.15, -0.1) is 0 Å². The molecular formula is C42H58N4O12. The number of hydrazone groups is 1. The molecule has 58 heavy (non-hydrogen) atoms. The maximum absolute atomic E-state index is 14.4. The number of aliphatic hydroxyl groups is 2. The van der Waals surface area contributed by atoms with Crippen molar-refractivity contribution in [2.45, 2.75) is 91.5 Å². The van der Waals surface area contributed by atoms with Crippen molar-refractivity contribution in [3.8, 4) is 23.0 Å². The fourth-order valence-electron chi connectivity index (χ4n) is 7.74. The van der Waals surface area contributed by atoms with Gasteiger partial charge < -0.3 is 54.7 Å². The summed E-state index contributed by atoms with van der Waals surface area (Å²) in [6.45, 7) is 13.4. The number of amides is 1. The molecule has 4 aliphatic heterocycles. The number of phenols is 3. The van der Waals surface area contributed by atoms with Crippen LogP contribution in [0.5, 0.6) is 23.0 Å². The maximum atomic E-state index is 14.4. The first-order valence-electron chi connectivity index (χ1n) is 19.7. The van der Waals surface area contributed by atoms with Crippen molar-refractivity contribution in [3.63, 3.8) is 0 Å². The van der Waals surface area contributed by atoms with Crippen LogP contribution in [-0.4, -0.2) is 136 Å². The lowest BCUT2D eigenvalue weighted by molar-refractivity contribution is -0.157. The average molecular weight is 811 g/mol. The third-order valence-electron chi connectivity index (χ3n) is 11.7. The zero-order valence-corrected chi connectivity index (χ0v) is 34.7. The molecule has 1 amide bonds. The number of anilines is 1. The van der Waals surface area contributed by atoms with Crippen molar-refractivity contribution in [1.82, 2.24) is 9.91 Å². The van der Waals surface area contributed by atoms with Gasteiger partial charge in [0.2, 0.25) is 5.78 Å². The minimum absolute atomic E-state index is 0.0615. The molecule has 0 spiro atoms. The molecule has 318 valence electrons. The Morgan fingerprint density at radius 2 is 1.67 bits per heavy atom. The van der Waals surface area contributed by atoms with E-state index in [1.807, 2.05) is 7.05 Å². The third-order valence-corrected chi connectivity index (χ3v) is 11.7. The number of likely N-dealkylation sites (N-methyl/N-ethyl adjacent to an activating group) is 1. The number of aromatic hydroxyl groups is 3. The first-order chi connectivity index (χ1) is 27.3. The van der Waals surface area contributed by atoms with E-state index in [4.69, 9.17) is 18.9 Å². The predicted molar refractivity (Wildman–Crippen MR) is 216 cm³/mol. The molecule has 5 bridgehead atoms. The number of hydrogen-bond acceptors (Lipinski definition) is 15. The largest absolute Gasteiger partial charge is 0.507 e. The zero-order chi connectivity index (χ0) is 42.8. The number of benzene rings is 2. The second kappa shape index (κ2) is 18.0. The molecule has 1 saturated heterocycles. The summed E-state index contributed by atoms with van der Waals surface area (Å²) in [6, 6.07) is 0. The van der Waals surface area contributed by atoms with Gasteiger partial charge in [-0.25, -0.2) is 0 Å². The number of allylic oxidation sites excluding steroid dienone is 2. The Hall–Kier alpha value is -4.74. The number of methoxy groups -OCH3 is 1. The van der Waals surface area contributed by atoms with Crippen molar-refractivity contribution in [1.29, 1.82) is 0 Å². The second-order valence-electron chi connectivity index (χ2n) is 15.9. The van der Waals surface area contributed by atoms with Gasteiger partial charge in [0.05, 0.1) is 53.3 Å². The number of esters is 1. The number of Topliss-reactive ketones (excluding diaryl/α,β-unsaturated/α-hetero) is 1. The number of nitrogens with one attached hydrogen (secondary N) is 1. The summed E-state index contributed by atoms with van der Waals surface area (Å²) in [5.41, 5.74) is -0.255. The number of nitrogens with zero attached hydrogens (tertiary/aromatic N) is 3. The van der Waals surface area contributed by atoms with E-state index < -0.39 is 82.9 Å². The smallest absolute Gasteiger partial charge is 0.302 e. The van der Waals surface area contributed by atoms with Crippen LogP contribution in [-0.2, 0) is 23.8 Å². The van der Waals surface area contributed by atoms with Crippen molar-refractivity contribution in [2.24, 2.45) is 22.9 Å². The van der Waals surface area contributed by atoms with Crippen LogP contribution in [0.1, 0.15) is 75.9 Å². The van der Waals surface area contributed by atoms with E-state index in [0.717, 1.165) is 13.1 Å². The van der Waals surface area contributed by atoms with Crippen molar-refractivity contribution in [2.75, 3.05) is 52.3 Å². The highest BCUT2D eigenvalue weighted by molar-refractivity contribution is 6.23. The van der Waals surface area contributed by atoms with E-state index in [9.17, 15) is 39.9 Å². The Kier molecular flexibility index (Phi) is 13.8. The molecule has 0 unspecified atom stereocenters. The lowest BCUT2D eigenvalue weighted by Gasteiger charge is -2.35. The second-order valence-corrected chi connectivity index (χ2v) is 15.9. The number of ketones is 1. The Labute approximate surface area is 338 Å². The molecule has 4 aliphatic rings. The van der Waals surface area contributed by atoms with Crippen molar-refractivity contribution >= 4 is 40.3 Å². The summed E-state index contributed by atoms with van der Waals surface area (Å²) in [5, 5.41) is 66.7. The fraction of sp³-hybridized carbons (Fsp3) is 0.571. The van der Waals surface area contributed by atoms with E-state index in [1.54, 1.807) is 37.9 Å². The Morgan fingerprint density at radius 1 is 1.00 bits per heavy atom. The summed E-state index contributed by atoms with van der Waals surface area (Å²) >= 11 is 0. The molecule has 2 aromatic rings. The molecule has 0 radical (unpaired) electrons. The highest BCUT2D eigenvalue weighted by Gasteiger charge is 2.49. The summed E-state index contributed by atoms with van der Waals surface area (Å²) in [4.78, 5) is 42.5. The Morgan fingerprint density at radius 3 is 2.31 bits per heavy atom. The molecule has 0 saturated carbocycles. The van der Waals surface area contributed by atoms with E-state index >= 15 is 0 Å². The molecule has 8 atom stereocenters. The van der Waals surface area contributed by atoms with Gasteiger partial charge in [0.25, 0.3) is 11.7 Å². The molecule has 4 heterocycles. The number of carbonyl (C=O) groups excluding carboxylic acids is 3. The number of carbonyl (C=O) groups is 3. The Balaban J connectivity index is 1.66. The number of hydrogen-bond donors (Lipinski definition) is 6. The zero-order valence-electron chi connectivity index (χ0n) is 34.7. The van der Waals surface area contributed by atoms with E-state index in [2.05, 4.69) is 15.3 Å². The molecule has 6 rings (SSSR count). The number of fused-ring (bicyclic) bond motifs is 15. The van der Waals surface area contributed by atoms with Crippen LogP contribution in [0.25, 0.3) is 10.8 Å². The van der Waals surface area contributed by atoms with Gasteiger partial charge in [-0.1, -0.05) is 39.0 Å². The molecule has 16 heteroatoms. The van der Waals surface area contributed by atoms with Gasteiger partial charge in [-0.3, -0.25) is 19.4 Å². The summed E-state index contributed by atoms with van der Waals surface area (Å²) in [5.74, 6) is -7.37. The topological polar surface area (TPSA) is 220 Å². The van der Waals surface area contributed by atoms with Gasteiger partial charge >= 0.3 is 5.97 Å². The molecule has 2 aromatic carbocycles. The highest BCUT2D eigenvalue weighted by Crippen LogP contribution is 2.55. The van der Waals surface area contributed by atoms with E-state index in [-0.39, 0.29) is 63.9 Å². The van der Waals surface area contributed by atoms with Crippen LogP contribution in [0.3, 0.4) is 0 Å². The average Bonchev–Trinajstić information content (AvgIpc) is 3.45. The van der Waals surface area contributed by atoms with Crippen LogP contribution >= 0.6 is 0 Å². The number of phenolic OH excluding ortho intramolecular Hbond substituents is 3. The first-order valence-corrected chi connectivity index (χ1v) is 19.7. The molecular weight excluding hydrogens is 752 g/mol. The van der Waals surface area contributed by atoms with Gasteiger partial charge in [0.15, 0.2) is 5.75 Å². The molecule has 16 nitrogen and oxygen atoms in total. The molecule has 1 fully saturated rings. The van der Waals surface area contributed by atoms with Crippen LogP contribution in [0, 0.1) is 24.7 Å². The predicted octanol–water partition coefficient (Wildman–Crippen LogP) is 3.97. The molecule has 0 aliphatic carbocycles. The minimum Gasteiger partial charge on any atom is -0.507 e. The molecule has 0 aromatic heterocycles. The van der Waals surface area contributed by atoms with Crippen LogP contribution in [0.15, 0.2) is 28.9 Å².